The highest BCUT2D eigenvalue weighted by molar-refractivity contribution is 6.62. The molecular weight excluding hydrogens is 194 g/mol. The van der Waals surface area contributed by atoms with Gasteiger partial charge in [0.2, 0.25) is 0 Å². The molecule has 0 aliphatic carbocycles. The summed E-state index contributed by atoms with van der Waals surface area (Å²) in [5.74, 6) is 0.254. The van der Waals surface area contributed by atoms with Crippen molar-refractivity contribution >= 4 is 30.7 Å². The van der Waals surface area contributed by atoms with Crippen LogP contribution in [0.15, 0.2) is 18.2 Å². The highest BCUT2D eigenvalue weighted by atomic mass is 35.5. The van der Waals surface area contributed by atoms with E-state index in [4.69, 9.17) is 21.6 Å². The first-order valence-corrected chi connectivity index (χ1v) is 3.79. The second kappa shape index (κ2) is 4.27. The van der Waals surface area contributed by atoms with E-state index in [0.717, 1.165) is 0 Å². The zero-order chi connectivity index (χ0) is 9.84. The molecule has 2 N–H and O–H groups in total. The van der Waals surface area contributed by atoms with Crippen LogP contribution in [-0.2, 0) is 4.79 Å². The Kier molecular flexibility index (Phi) is 3.30. The van der Waals surface area contributed by atoms with E-state index in [0.29, 0.717) is 0 Å². The first kappa shape index (κ1) is 10.0. The minimum absolute atomic E-state index is 0.134. The largest absolute Gasteiger partial charge is 0.489 e. The summed E-state index contributed by atoms with van der Waals surface area (Å²) < 4.78 is 4.49. The summed E-state index contributed by atoms with van der Waals surface area (Å²) in [6.07, 6.45) is 0. The van der Waals surface area contributed by atoms with Gasteiger partial charge in [-0.1, -0.05) is 17.7 Å². The van der Waals surface area contributed by atoms with Crippen molar-refractivity contribution in [1.82, 2.24) is 0 Å². The second-order valence-corrected chi connectivity index (χ2v) is 2.68. The van der Waals surface area contributed by atoms with E-state index < -0.39 is 7.12 Å². The Bertz CT molecular complexity index is 315. The van der Waals surface area contributed by atoms with Crippen molar-refractivity contribution in [2.24, 2.45) is 0 Å². The van der Waals surface area contributed by atoms with Crippen LogP contribution in [0.4, 0.5) is 0 Å². The molecule has 0 aromatic heterocycles. The van der Waals surface area contributed by atoms with E-state index in [2.05, 4.69) is 4.74 Å². The third-order valence-electron chi connectivity index (χ3n) is 1.43. The van der Waals surface area contributed by atoms with Gasteiger partial charge in [0.1, 0.15) is 5.75 Å². The van der Waals surface area contributed by atoms with Gasteiger partial charge in [-0.2, -0.15) is 0 Å². The van der Waals surface area contributed by atoms with Crippen molar-refractivity contribution in [2.75, 3.05) is 0 Å². The number of halogens is 1. The monoisotopic (exact) mass is 200 g/mol. The third-order valence-corrected chi connectivity index (χ3v) is 1.76. The lowest BCUT2D eigenvalue weighted by molar-refractivity contribution is -0.120. The van der Waals surface area contributed by atoms with E-state index in [9.17, 15) is 4.79 Å². The molecule has 0 saturated carbocycles. The van der Waals surface area contributed by atoms with Gasteiger partial charge in [-0.05, 0) is 12.1 Å². The highest BCUT2D eigenvalue weighted by Crippen LogP contribution is 2.15. The van der Waals surface area contributed by atoms with Crippen molar-refractivity contribution in [3.8, 4) is 5.75 Å². The average Bonchev–Trinajstić information content (AvgIpc) is 2.04. The Hall–Kier alpha value is -1.04. The fraction of sp³-hybridized carbons (Fsp3) is 0. The van der Waals surface area contributed by atoms with Gasteiger partial charge in [0.25, 0.3) is 6.47 Å². The van der Waals surface area contributed by atoms with Crippen LogP contribution >= 0.6 is 11.6 Å². The maximum atomic E-state index is 9.94. The minimum Gasteiger partial charge on any atom is -0.429 e. The molecule has 1 aromatic rings. The zero-order valence-electron chi connectivity index (χ0n) is 6.48. The molecule has 1 rings (SSSR count). The van der Waals surface area contributed by atoms with Gasteiger partial charge in [0.15, 0.2) is 0 Å². The fourth-order valence-corrected chi connectivity index (χ4v) is 1.11. The van der Waals surface area contributed by atoms with Gasteiger partial charge < -0.3 is 14.8 Å². The van der Waals surface area contributed by atoms with Gasteiger partial charge in [0.05, 0.1) is 0 Å². The third kappa shape index (κ3) is 2.45. The van der Waals surface area contributed by atoms with E-state index in [1.54, 1.807) is 0 Å². The molecule has 13 heavy (non-hydrogen) atoms. The molecule has 4 nitrogen and oxygen atoms in total. The molecule has 0 atom stereocenters. The Morgan fingerprint density at radius 1 is 1.46 bits per heavy atom. The maximum absolute atomic E-state index is 9.94. The Morgan fingerprint density at radius 3 is 2.62 bits per heavy atom. The molecule has 0 heterocycles. The van der Waals surface area contributed by atoms with Gasteiger partial charge in [0, 0.05) is 10.5 Å². The Morgan fingerprint density at radius 2 is 2.15 bits per heavy atom. The lowest BCUT2D eigenvalue weighted by Gasteiger charge is -2.03. The molecular formula is C7H6BClO4. The Labute approximate surface area is 79.9 Å². The van der Waals surface area contributed by atoms with Gasteiger partial charge >= 0.3 is 7.12 Å². The van der Waals surface area contributed by atoms with Crippen molar-refractivity contribution in [3.05, 3.63) is 23.2 Å². The highest BCUT2D eigenvalue weighted by Gasteiger charge is 2.15. The van der Waals surface area contributed by atoms with Crippen molar-refractivity contribution in [3.63, 3.8) is 0 Å². The lowest BCUT2D eigenvalue weighted by Crippen LogP contribution is -2.30. The summed E-state index contributed by atoms with van der Waals surface area (Å²) in [5.41, 5.74) is 0.167. The maximum Gasteiger partial charge on any atom is 0.489 e. The number of ether oxygens (including phenoxy) is 1. The average molecular weight is 200 g/mol. The number of hydrogen-bond acceptors (Lipinski definition) is 4. The number of rotatable bonds is 3. The normalized spacial score (nSPS) is 9.46. The second-order valence-electron chi connectivity index (χ2n) is 2.27. The van der Waals surface area contributed by atoms with Crippen LogP contribution in [0.2, 0.25) is 5.02 Å². The standard InChI is InChI=1S/C7H6BClO4/c9-7-3-5(13-4-10)1-2-6(7)8(11)12/h1-4,11-12H. The van der Waals surface area contributed by atoms with Crippen LogP contribution in [0.1, 0.15) is 0 Å². The number of carbonyl (C=O) groups excluding carboxylic acids is 1. The topological polar surface area (TPSA) is 66.8 Å². The van der Waals surface area contributed by atoms with E-state index >= 15 is 0 Å². The summed E-state index contributed by atoms with van der Waals surface area (Å²) >= 11 is 5.64. The Balaban J connectivity index is 2.98. The number of carbonyl (C=O) groups is 1. The molecule has 0 bridgehead atoms. The van der Waals surface area contributed by atoms with Crippen LogP contribution in [-0.4, -0.2) is 23.6 Å². The van der Waals surface area contributed by atoms with E-state index in [1.807, 2.05) is 0 Å². The predicted molar refractivity (Wildman–Crippen MR) is 48.0 cm³/mol. The number of hydrogen-bond donors (Lipinski definition) is 2. The van der Waals surface area contributed by atoms with Crippen LogP contribution in [0.5, 0.6) is 5.75 Å². The first-order valence-electron chi connectivity index (χ1n) is 3.41. The molecule has 0 unspecified atom stereocenters. The van der Waals surface area contributed by atoms with E-state index in [1.165, 1.54) is 18.2 Å². The summed E-state index contributed by atoms with van der Waals surface area (Å²) in [6.45, 7) is 0.265. The summed E-state index contributed by atoms with van der Waals surface area (Å²) in [4.78, 5) is 9.94. The van der Waals surface area contributed by atoms with Crippen LogP contribution in [0.25, 0.3) is 0 Å². The minimum atomic E-state index is -1.63. The van der Waals surface area contributed by atoms with Crippen molar-refractivity contribution < 1.29 is 19.6 Å². The van der Waals surface area contributed by atoms with Crippen LogP contribution in [0, 0.1) is 0 Å². The van der Waals surface area contributed by atoms with Gasteiger partial charge in [-0.15, -0.1) is 0 Å². The molecule has 0 saturated heterocycles. The summed E-state index contributed by atoms with van der Waals surface area (Å²) in [6, 6.07) is 4.10. The predicted octanol–water partition coefficient (Wildman–Crippen LogP) is -0.445. The van der Waals surface area contributed by atoms with Crippen molar-refractivity contribution in [1.29, 1.82) is 0 Å². The molecule has 0 fully saturated rings. The number of benzene rings is 1. The molecule has 68 valence electrons. The molecule has 0 spiro atoms. The smallest absolute Gasteiger partial charge is 0.429 e. The molecule has 0 aliphatic heterocycles. The SMILES string of the molecule is O=COc1ccc(B(O)O)c(Cl)c1. The molecule has 0 amide bonds. The molecule has 1 aromatic carbocycles. The van der Waals surface area contributed by atoms with Gasteiger partial charge in [-0.25, -0.2) is 0 Å². The van der Waals surface area contributed by atoms with E-state index in [-0.39, 0.29) is 22.7 Å². The zero-order valence-corrected chi connectivity index (χ0v) is 7.23. The van der Waals surface area contributed by atoms with Gasteiger partial charge in [-0.3, -0.25) is 4.79 Å². The molecule has 0 aliphatic rings. The summed E-state index contributed by atoms with van der Waals surface area (Å²) in [5, 5.41) is 17.7. The summed E-state index contributed by atoms with van der Waals surface area (Å²) in [7, 11) is -1.63. The van der Waals surface area contributed by atoms with Crippen LogP contribution < -0.4 is 10.2 Å². The van der Waals surface area contributed by atoms with Crippen LogP contribution in [0.3, 0.4) is 0 Å². The van der Waals surface area contributed by atoms with Crippen molar-refractivity contribution in [2.45, 2.75) is 0 Å². The fourth-order valence-electron chi connectivity index (χ4n) is 0.846. The molecule has 6 heteroatoms. The first-order chi connectivity index (χ1) is 6.15. The molecule has 0 radical (unpaired) electrons. The quantitative estimate of drug-likeness (QED) is 0.512. The lowest BCUT2D eigenvalue weighted by atomic mass is 9.80.